The number of H-pyrrole nitrogens is 1. The average molecular weight is 266 g/mol. The Hall–Kier alpha value is -2.36. The summed E-state index contributed by atoms with van der Waals surface area (Å²) >= 11 is 0. The van der Waals surface area contributed by atoms with Crippen LogP contribution in [0.15, 0.2) is 42.7 Å². The van der Waals surface area contributed by atoms with Crippen molar-refractivity contribution in [3.63, 3.8) is 0 Å². The molecule has 0 fully saturated rings. The van der Waals surface area contributed by atoms with Gasteiger partial charge < -0.3 is 10.3 Å². The van der Waals surface area contributed by atoms with Crippen molar-refractivity contribution in [2.24, 2.45) is 0 Å². The summed E-state index contributed by atoms with van der Waals surface area (Å²) in [6.45, 7) is 2.95. The molecule has 2 heterocycles. The average Bonchev–Trinajstić information content (AvgIpc) is 2.96. The van der Waals surface area contributed by atoms with Gasteiger partial charge in [-0.05, 0) is 25.5 Å². The maximum absolute atomic E-state index is 4.55. The molecule has 0 radical (unpaired) electrons. The van der Waals surface area contributed by atoms with E-state index in [0.717, 1.165) is 42.1 Å². The number of imidazole rings is 1. The van der Waals surface area contributed by atoms with Crippen LogP contribution in [0.25, 0.3) is 10.9 Å². The minimum atomic E-state index is 0.925. The maximum atomic E-state index is 4.55. The van der Waals surface area contributed by atoms with Crippen LogP contribution in [0.3, 0.4) is 0 Å². The standard InChI is InChI=1S/C16H18N4/c1-12-11-15(13-5-2-3-6-14(13)20-12)17-8-4-7-16-18-9-10-19-16/h2-3,5-6,9-11H,4,7-8H2,1H3,(H,17,20)(H,18,19). The molecule has 3 aromatic rings. The fourth-order valence-electron chi connectivity index (χ4n) is 2.37. The first kappa shape index (κ1) is 12.7. The Morgan fingerprint density at radius 1 is 1.25 bits per heavy atom. The number of rotatable bonds is 5. The van der Waals surface area contributed by atoms with Gasteiger partial charge in [0.25, 0.3) is 0 Å². The maximum Gasteiger partial charge on any atom is 0.106 e. The number of anilines is 1. The number of aryl methyl sites for hydroxylation is 2. The second-order valence-corrected chi connectivity index (χ2v) is 4.89. The highest BCUT2D eigenvalue weighted by Crippen LogP contribution is 2.22. The van der Waals surface area contributed by atoms with Gasteiger partial charge in [-0.3, -0.25) is 4.98 Å². The lowest BCUT2D eigenvalue weighted by Crippen LogP contribution is -2.05. The number of para-hydroxylation sites is 1. The van der Waals surface area contributed by atoms with Gasteiger partial charge in [-0.25, -0.2) is 4.98 Å². The van der Waals surface area contributed by atoms with E-state index in [1.54, 1.807) is 6.20 Å². The number of pyridine rings is 1. The number of fused-ring (bicyclic) bond motifs is 1. The number of hydrogen-bond acceptors (Lipinski definition) is 3. The third-order valence-electron chi connectivity index (χ3n) is 3.30. The molecule has 0 aliphatic rings. The zero-order valence-electron chi connectivity index (χ0n) is 11.6. The first-order valence-corrected chi connectivity index (χ1v) is 6.91. The largest absolute Gasteiger partial charge is 0.384 e. The van der Waals surface area contributed by atoms with Gasteiger partial charge in [0.2, 0.25) is 0 Å². The molecule has 0 spiro atoms. The molecule has 2 N–H and O–H groups in total. The number of nitrogens with one attached hydrogen (secondary N) is 2. The lowest BCUT2D eigenvalue weighted by atomic mass is 10.1. The lowest BCUT2D eigenvalue weighted by Gasteiger charge is -2.10. The Bertz CT molecular complexity index is 689. The van der Waals surface area contributed by atoms with E-state index in [1.807, 2.05) is 25.3 Å². The van der Waals surface area contributed by atoms with Crippen LogP contribution < -0.4 is 5.32 Å². The predicted octanol–water partition coefficient (Wildman–Crippen LogP) is 3.31. The Labute approximate surface area is 118 Å². The van der Waals surface area contributed by atoms with E-state index in [1.165, 1.54) is 5.39 Å². The van der Waals surface area contributed by atoms with E-state index >= 15 is 0 Å². The van der Waals surface area contributed by atoms with Crippen LogP contribution in [0.5, 0.6) is 0 Å². The molecule has 4 nitrogen and oxygen atoms in total. The SMILES string of the molecule is Cc1cc(NCCCc2ncc[nH]2)c2ccccc2n1. The first-order chi connectivity index (χ1) is 9.83. The zero-order valence-corrected chi connectivity index (χ0v) is 11.6. The van der Waals surface area contributed by atoms with E-state index in [-0.39, 0.29) is 0 Å². The van der Waals surface area contributed by atoms with Crippen LogP contribution in [-0.4, -0.2) is 21.5 Å². The third-order valence-corrected chi connectivity index (χ3v) is 3.30. The van der Waals surface area contributed by atoms with Gasteiger partial charge in [-0.15, -0.1) is 0 Å². The molecule has 0 saturated carbocycles. The Morgan fingerprint density at radius 3 is 3.00 bits per heavy atom. The minimum absolute atomic E-state index is 0.925. The normalized spacial score (nSPS) is 10.8. The van der Waals surface area contributed by atoms with E-state index < -0.39 is 0 Å². The summed E-state index contributed by atoms with van der Waals surface area (Å²) in [5.74, 6) is 1.04. The van der Waals surface area contributed by atoms with Crippen molar-refractivity contribution in [2.75, 3.05) is 11.9 Å². The van der Waals surface area contributed by atoms with Crippen molar-refractivity contribution in [2.45, 2.75) is 19.8 Å². The Balaban J connectivity index is 1.68. The topological polar surface area (TPSA) is 53.6 Å². The number of nitrogens with zero attached hydrogens (tertiary/aromatic N) is 2. The van der Waals surface area contributed by atoms with Crippen LogP contribution in [0.2, 0.25) is 0 Å². The molecule has 0 saturated heterocycles. The van der Waals surface area contributed by atoms with Gasteiger partial charge in [-0.1, -0.05) is 18.2 Å². The third kappa shape index (κ3) is 2.79. The van der Waals surface area contributed by atoms with Crippen molar-refractivity contribution in [1.29, 1.82) is 0 Å². The van der Waals surface area contributed by atoms with Gasteiger partial charge in [0.05, 0.1) is 5.52 Å². The summed E-state index contributed by atoms with van der Waals surface area (Å²) in [6.07, 6.45) is 5.66. The van der Waals surface area contributed by atoms with Gasteiger partial charge in [0.15, 0.2) is 0 Å². The number of benzene rings is 1. The van der Waals surface area contributed by atoms with Crippen molar-refractivity contribution in [1.82, 2.24) is 15.0 Å². The smallest absolute Gasteiger partial charge is 0.106 e. The van der Waals surface area contributed by atoms with Crippen molar-refractivity contribution < 1.29 is 0 Å². The summed E-state index contributed by atoms with van der Waals surface area (Å²) in [6, 6.07) is 10.3. The highest BCUT2D eigenvalue weighted by Gasteiger charge is 2.03. The Morgan fingerprint density at radius 2 is 2.15 bits per heavy atom. The predicted molar refractivity (Wildman–Crippen MR) is 81.9 cm³/mol. The van der Waals surface area contributed by atoms with Crippen LogP contribution in [0, 0.1) is 6.92 Å². The summed E-state index contributed by atoms with van der Waals surface area (Å²) in [5, 5.41) is 4.69. The van der Waals surface area contributed by atoms with Crippen molar-refractivity contribution >= 4 is 16.6 Å². The van der Waals surface area contributed by atoms with Gasteiger partial charge in [-0.2, -0.15) is 0 Å². The van der Waals surface area contributed by atoms with Crippen LogP contribution in [0.4, 0.5) is 5.69 Å². The molecule has 0 amide bonds. The van der Waals surface area contributed by atoms with Crippen LogP contribution in [0.1, 0.15) is 17.9 Å². The second kappa shape index (κ2) is 5.74. The molecule has 0 atom stereocenters. The van der Waals surface area contributed by atoms with Gasteiger partial charge >= 0.3 is 0 Å². The lowest BCUT2D eigenvalue weighted by molar-refractivity contribution is 0.817. The summed E-state index contributed by atoms with van der Waals surface area (Å²) in [5.41, 5.74) is 3.24. The van der Waals surface area contributed by atoms with E-state index in [2.05, 4.69) is 38.5 Å². The number of hydrogen-bond donors (Lipinski definition) is 2. The highest BCUT2D eigenvalue weighted by molar-refractivity contribution is 5.91. The van der Waals surface area contributed by atoms with E-state index in [4.69, 9.17) is 0 Å². The van der Waals surface area contributed by atoms with Gasteiger partial charge in [0.1, 0.15) is 5.82 Å². The molecule has 0 unspecified atom stereocenters. The quantitative estimate of drug-likeness (QED) is 0.697. The highest BCUT2D eigenvalue weighted by atomic mass is 14.9. The monoisotopic (exact) mass is 266 g/mol. The molecule has 1 aromatic carbocycles. The molecule has 2 aromatic heterocycles. The first-order valence-electron chi connectivity index (χ1n) is 6.91. The van der Waals surface area contributed by atoms with Crippen LogP contribution in [-0.2, 0) is 6.42 Å². The fourth-order valence-corrected chi connectivity index (χ4v) is 2.37. The molecular weight excluding hydrogens is 248 g/mol. The summed E-state index contributed by atoms with van der Waals surface area (Å²) in [7, 11) is 0. The molecule has 0 bridgehead atoms. The van der Waals surface area contributed by atoms with Crippen molar-refractivity contribution in [3.05, 3.63) is 54.2 Å². The molecule has 4 heteroatoms. The summed E-state index contributed by atoms with van der Waals surface area (Å²) < 4.78 is 0. The van der Waals surface area contributed by atoms with E-state index in [0.29, 0.717) is 0 Å². The molecule has 0 aliphatic heterocycles. The second-order valence-electron chi connectivity index (χ2n) is 4.89. The zero-order chi connectivity index (χ0) is 13.8. The molecule has 3 rings (SSSR count). The number of aromatic amines is 1. The molecule has 102 valence electrons. The van der Waals surface area contributed by atoms with Crippen molar-refractivity contribution in [3.8, 4) is 0 Å². The minimum Gasteiger partial charge on any atom is -0.384 e. The van der Waals surface area contributed by atoms with Crippen LogP contribution >= 0.6 is 0 Å². The van der Waals surface area contributed by atoms with E-state index in [9.17, 15) is 0 Å². The number of aromatic nitrogens is 3. The van der Waals surface area contributed by atoms with Gasteiger partial charge in [0, 0.05) is 42.1 Å². The molecule has 0 aliphatic carbocycles. The summed E-state index contributed by atoms with van der Waals surface area (Å²) in [4.78, 5) is 11.9. The molecular formula is C16H18N4. The fraction of sp³-hybridized carbons (Fsp3) is 0.250. The Kier molecular flexibility index (Phi) is 3.63. The molecule has 20 heavy (non-hydrogen) atoms.